The van der Waals surface area contributed by atoms with Gasteiger partial charge in [0.05, 0.1) is 19.1 Å². The minimum atomic E-state index is -0.556. The van der Waals surface area contributed by atoms with Gasteiger partial charge in [-0.15, -0.1) is 0 Å². The fourth-order valence-corrected chi connectivity index (χ4v) is 3.15. The van der Waals surface area contributed by atoms with Gasteiger partial charge in [-0.2, -0.15) is 0 Å². The maximum absolute atomic E-state index is 12.7. The van der Waals surface area contributed by atoms with E-state index < -0.39 is 5.79 Å². The number of carbonyl (C=O) groups is 1. The Morgan fingerprint density at radius 1 is 1.08 bits per heavy atom. The highest BCUT2D eigenvalue weighted by molar-refractivity contribution is 5.83. The first-order chi connectivity index (χ1) is 11.3. The Morgan fingerprint density at radius 2 is 1.62 bits per heavy atom. The number of ether oxygens (including phenoxy) is 2. The zero-order valence-corrected chi connectivity index (χ0v) is 15.6. The van der Waals surface area contributed by atoms with Crippen LogP contribution in [0.2, 0.25) is 0 Å². The minimum absolute atomic E-state index is 0.0730. The maximum atomic E-state index is 12.7. The van der Waals surface area contributed by atoms with Crippen molar-refractivity contribution in [1.82, 2.24) is 5.32 Å². The summed E-state index contributed by atoms with van der Waals surface area (Å²) < 4.78 is 11.2. The summed E-state index contributed by atoms with van der Waals surface area (Å²) in [5.41, 5.74) is 2.37. The molecule has 2 rings (SSSR count). The molecule has 0 radical (unpaired) electrons. The highest BCUT2D eigenvalue weighted by atomic mass is 16.7. The van der Waals surface area contributed by atoms with Crippen molar-refractivity contribution in [1.29, 1.82) is 0 Å². The second kappa shape index (κ2) is 8.13. The van der Waals surface area contributed by atoms with Crippen molar-refractivity contribution in [2.45, 2.75) is 58.7 Å². The Hall–Kier alpha value is -1.39. The Morgan fingerprint density at radius 3 is 2.12 bits per heavy atom. The SMILES string of the molecule is CC(C)c1ccc(C(C(=O)NCCC2(C)OCCO2)C(C)C)cc1. The molecule has 1 saturated heterocycles. The molecule has 0 aromatic heterocycles. The Bertz CT molecular complexity index is 530. The van der Waals surface area contributed by atoms with Gasteiger partial charge in [0.2, 0.25) is 5.91 Å². The summed E-state index contributed by atoms with van der Waals surface area (Å²) in [6.45, 7) is 12.3. The topological polar surface area (TPSA) is 47.6 Å². The van der Waals surface area contributed by atoms with Crippen LogP contribution < -0.4 is 5.32 Å². The summed E-state index contributed by atoms with van der Waals surface area (Å²) in [7, 11) is 0. The van der Waals surface area contributed by atoms with Crippen LogP contribution in [-0.2, 0) is 14.3 Å². The van der Waals surface area contributed by atoms with Crippen LogP contribution in [0.5, 0.6) is 0 Å². The normalized spacial score (nSPS) is 18.1. The van der Waals surface area contributed by atoms with Crippen LogP contribution in [0.15, 0.2) is 24.3 Å². The number of carbonyl (C=O) groups excluding carboxylic acids is 1. The molecule has 1 amide bonds. The van der Waals surface area contributed by atoms with E-state index in [1.54, 1.807) is 0 Å². The molecular formula is C20H31NO3. The Labute approximate surface area is 145 Å². The van der Waals surface area contributed by atoms with Crippen LogP contribution in [0.1, 0.15) is 64.0 Å². The molecule has 1 aliphatic heterocycles. The van der Waals surface area contributed by atoms with E-state index in [2.05, 4.69) is 57.3 Å². The number of hydrogen-bond donors (Lipinski definition) is 1. The van der Waals surface area contributed by atoms with Crippen molar-refractivity contribution in [3.63, 3.8) is 0 Å². The van der Waals surface area contributed by atoms with Crippen LogP contribution >= 0.6 is 0 Å². The fourth-order valence-electron chi connectivity index (χ4n) is 3.15. The van der Waals surface area contributed by atoms with Gasteiger partial charge < -0.3 is 14.8 Å². The lowest BCUT2D eigenvalue weighted by Gasteiger charge is -2.24. The summed E-state index contributed by atoms with van der Waals surface area (Å²) in [5.74, 6) is 0.120. The molecule has 1 aromatic carbocycles. The number of hydrogen-bond acceptors (Lipinski definition) is 3. The number of rotatable bonds is 7. The molecule has 1 aliphatic rings. The monoisotopic (exact) mass is 333 g/mol. The van der Waals surface area contributed by atoms with E-state index in [0.29, 0.717) is 32.1 Å². The number of benzene rings is 1. The molecule has 0 spiro atoms. The molecule has 0 saturated carbocycles. The zero-order valence-electron chi connectivity index (χ0n) is 15.6. The maximum Gasteiger partial charge on any atom is 0.227 e. The lowest BCUT2D eigenvalue weighted by atomic mass is 9.86. The molecule has 4 nitrogen and oxygen atoms in total. The molecule has 24 heavy (non-hydrogen) atoms. The van der Waals surface area contributed by atoms with Gasteiger partial charge in [-0.05, 0) is 29.9 Å². The first-order valence-corrected chi connectivity index (χ1v) is 8.98. The molecule has 1 aromatic rings. The third-order valence-corrected chi connectivity index (χ3v) is 4.69. The second-order valence-electron chi connectivity index (χ2n) is 7.41. The van der Waals surface area contributed by atoms with Crippen LogP contribution in [0.4, 0.5) is 0 Å². The Balaban J connectivity index is 1.97. The summed E-state index contributed by atoms with van der Waals surface area (Å²) in [6.07, 6.45) is 0.663. The van der Waals surface area contributed by atoms with Gasteiger partial charge in [-0.1, -0.05) is 52.0 Å². The Kier molecular flexibility index (Phi) is 6.41. The molecule has 134 valence electrons. The third-order valence-electron chi connectivity index (χ3n) is 4.69. The average molecular weight is 333 g/mol. The summed E-state index contributed by atoms with van der Waals surface area (Å²) in [6, 6.07) is 8.43. The van der Waals surface area contributed by atoms with Gasteiger partial charge >= 0.3 is 0 Å². The van der Waals surface area contributed by atoms with E-state index in [4.69, 9.17) is 9.47 Å². The standard InChI is InChI=1S/C20H31NO3/c1-14(2)16-6-8-17(9-7-16)18(15(3)4)19(22)21-11-10-20(5)23-12-13-24-20/h6-9,14-15,18H,10-13H2,1-5H3,(H,21,22). The molecule has 1 heterocycles. The van der Waals surface area contributed by atoms with Gasteiger partial charge in [-0.25, -0.2) is 0 Å². The van der Waals surface area contributed by atoms with Crippen molar-refractivity contribution < 1.29 is 14.3 Å². The van der Waals surface area contributed by atoms with Crippen molar-refractivity contribution in [3.05, 3.63) is 35.4 Å². The van der Waals surface area contributed by atoms with Crippen LogP contribution in [0.25, 0.3) is 0 Å². The quantitative estimate of drug-likeness (QED) is 0.825. The van der Waals surface area contributed by atoms with Gasteiger partial charge in [0, 0.05) is 13.0 Å². The molecular weight excluding hydrogens is 302 g/mol. The van der Waals surface area contributed by atoms with E-state index in [-0.39, 0.29) is 17.7 Å². The zero-order chi connectivity index (χ0) is 17.7. The van der Waals surface area contributed by atoms with Gasteiger partial charge in [0.15, 0.2) is 5.79 Å². The molecule has 1 atom stereocenters. The lowest BCUT2D eigenvalue weighted by molar-refractivity contribution is -0.146. The third kappa shape index (κ3) is 4.81. The number of nitrogens with one attached hydrogen (secondary N) is 1. The molecule has 0 bridgehead atoms. The fraction of sp³-hybridized carbons (Fsp3) is 0.650. The smallest absolute Gasteiger partial charge is 0.227 e. The number of amides is 1. The van der Waals surface area contributed by atoms with Crippen molar-refractivity contribution >= 4 is 5.91 Å². The highest BCUT2D eigenvalue weighted by Crippen LogP contribution is 2.27. The van der Waals surface area contributed by atoms with E-state index in [0.717, 1.165) is 5.56 Å². The largest absolute Gasteiger partial charge is 0.355 e. The van der Waals surface area contributed by atoms with Gasteiger partial charge in [-0.3, -0.25) is 4.79 Å². The van der Waals surface area contributed by atoms with Gasteiger partial charge in [0.25, 0.3) is 0 Å². The first-order valence-electron chi connectivity index (χ1n) is 8.98. The summed E-state index contributed by atoms with van der Waals surface area (Å²) in [5, 5.41) is 3.05. The van der Waals surface area contributed by atoms with Crippen LogP contribution in [-0.4, -0.2) is 31.5 Å². The van der Waals surface area contributed by atoms with Crippen LogP contribution in [0, 0.1) is 5.92 Å². The molecule has 0 aliphatic carbocycles. The molecule has 4 heteroatoms. The summed E-state index contributed by atoms with van der Waals surface area (Å²) in [4.78, 5) is 12.7. The van der Waals surface area contributed by atoms with E-state index >= 15 is 0 Å². The lowest BCUT2D eigenvalue weighted by Crippen LogP contribution is -2.37. The van der Waals surface area contributed by atoms with E-state index in [1.165, 1.54) is 5.56 Å². The van der Waals surface area contributed by atoms with Crippen molar-refractivity contribution in [3.8, 4) is 0 Å². The molecule has 1 unspecified atom stereocenters. The predicted molar refractivity (Wildman–Crippen MR) is 96.0 cm³/mol. The molecule has 1 N–H and O–H groups in total. The second-order valence-corrected chi connectivity index (χ2v) is 7.41. The highest BCUT2D eigenvalue weighted by Gasteiger charge is 2.31. The van der Waals surface area contributed by atoms with Crippen LogP contribution in [0.3, 0.4) is 0 Å². The van der Waals surface area contributed by atoms with Crippen molar-refractivity contribution in [2.75, 3.05) is 19.8 Å². The van der Waals surface area contributed by atoms with Crippen molar-refractivity contribution in [2.24, 2.45) is 5.92 Å². The van der Waals surface area contributed by atoms with E-state index in [1.807, 2.05) is 6.92 Å². The first kappa shape index (κ1) is 18.9. The predicted octanol–water partition coefficient (Wildman–Crippen LogP) is 3.82. The van der Waals surface area contributed by atoms with Gasteiger partial charge in [0.1, 0.15) is 0 Å². The average Bonchev–Trinajstić information content (AvgIpc) is 2.94. The minimum Gasteiger partial charge on any atom is -0.355 e. The molecule has 1 fully saturated rings. The summed E-state index contributed by atoms with van der Waals surface area (Å²) >= 11 is 0. The van der Waals surface area contributed by atoms with E-state index in [9.17, 15) is 4.79 Å².